The highest BCUT2D eigenvalue weighted by molar-refractivity contribution is 6.30. The summed E-state index contributed by atoms with van der Waals surface area (Å²) >= 11 is 6.15. The summed E-state index contributed by atoms with van der Waals surface area (Å²) in [4.78, 5) is 12.6. The SMILES string of the molecule is O=c1oc2cc3oc(-c4ccccc4)c(-c4ccc(Cl)cc4)c3cc2c2c1CCCC2. The zero-order valence-corrected chi connectivity index (χ0v) is 17.5. The largest absolute Gasteiger partial charge is 0.455 e. The van der Waals surface area contributed by atoms with Crippen molar-refractivity contribution in [3.05, 3.63) is 93.3 Å². The third-order valence-corrected chi connectivity index (χ3v) is 6.45. The van der Waals surface area contributed by atoms with E-state index in [1.54, 1.807) is 0 Å². The van der Waals surface area contributed by atoms with Crippen LogP contribution in [-0.2, 0) is 12.8 Å². The lowest BCUT2D eigenvalue weighted by Gasteiger charge is -2.16. The third-order valence-electron chi connectivity index (χ3n) is 6.20. The zero-order valence-electron chi connectivity index (χ0n) is 16.8. The quantitative estimate of drug-likeness (QED) is 0.276. The summed E-state index contributed by atoms with van der Waals surface area (Å²) in [5.74, 6) is 0.796. The molecule has 0 bridgehead atoms. The second-order valence-electron chi connectivity index (χ2n) is 8.08. The van der Waals surface area contributed by atoms with Crippen molar-refractivity contribution in [2.45, 2.75) is 25.7 Å². The van der Waals surface area contributed by atoms with Gasteiger partial charge in [0.1, 0.15) is 16.9 Å². The van der Waals surface area contributed by atoms with Crippen molar-refractivity contribution in [1.82, 2.24) is 0 Å². The van der Waals surface area contributed by atoms with Crippen LogP contribution in [0.15, 0.2) is 80.4 Å². The number of furan rings is 1. The van der Waals surface area contributed by atoms with Gasteiger partial charge in [0.2, 0.25) is 0 Å². The minimum Gasteiger partial charge on any atom is -0.455 e. The predicted molar refractivity (Wildman–Crippen MR) is 125 cm³/mol. The van der Waals surface area contributed by atoms with E-state index >= 15 is 0 Å². The molecule has 152 valence electrons. The fourth-order valence-electron chi connectivity index (χ4n) is 4.73. The van der Waals surface area contributed by atoms with Crippen molar-refractivity contribution in [3.8, 4) is 22.5 Å². The van der Waals surface area contributed by atoms with Gasteiger partial charge in [-0.15, -0.1) is 0 Å². The number of benzene rings is 3. The van der Waals surface area contributed by atoms with E-state index in [1.807, 2.05) is 60.7 Å². The molecule has 0 saturated heterocycles. The molecule has 1 aliphatic carbocycles. The molecule has 0 spiro atoms. The van der Waals surface area contributed by atoms with Crippen LogP contribution in [0.3, 0.4) is 0 Å². The predicted octanol–water partition coefficient (Wildman–Crippen LogP) is 7.41. The Morgan fingerprint density at radius 2 is 1.42 bits per heavy atom. The summed E-state index contributed by atoms with van der Waals surface area (Å²) in [6.07, 6.45) is 3.82. The molecule has 2 aromatic heterocycles. The second kappa shape index (κ2) is 7.14. The number of hydrogen-bond donors (Lipinski definition) is 0. The Labute approximate surface area is 183 Å². The van der Waals surface area contributed by atoms with Gasteiger partial charge in [-0.3, -0.25) is 0 Å². The van der Waals surface area contributed by atoms with Crippen molar-refractivity contribution in [1.29, 1.82) is 0 Å². The molecule has 1 aliphatic rings. The number of halogens is 1. The fraction of sp³-hybridized carbons (Fsp3) is 0.148. The first-order valence-corrected chi connectivity index (χ1v) is 10.9. The maximum atomic E-state index is 12.6. The van der Waals surface area contributed by atoms with Crippen molar-refractivity contribution < 1.29 is 8.83 Å². The number of hydrogen-bond acceptors (Lipinski definition) is 3. The molecular formula is C27H19ClO3. The van der Waals surface area contributed by atoms with E-state index in [-0.39, 0.29) is 5.63 Å². The molecule has 5 aromatic rings. The van der Waals surface area contributed by atoms with Gasteiger partial charge in [0.25, 0.3) is 0 Å². The van der Waals surface area contributed by atoms with Crippen LogP contribution in [0.25, 0.3) is 44.4 Å². The Morgan fingerprint density at radius 3 is 2.19 bits per heavy atom. The molecule has 3 aromatic carbocycles. The molecule has 4 heteroatoms. The summed E-state index contributed by atoms with van der Waals surface area (Å²) in [5.41, 5.74) is 6.10. The van der Waals surface area contributed by atoms with E-state index in [4.69, 9.17) is 20.4 Å². The summed E-state index contributed by atoms with van der Waals surface area (Å²) in [6.45, 7) is 0. The molecule has 6 rings (SSSR count). The lowest BCUT2D eigenvalue weighted by Crippen LogP contribution is -2.15. The van der Waals surface area contributed by atoms with E-state index in [0.717, 1.165) is 70.0 Å². The zero-order chi connectivity index (χ0) is 20.9. The first-order chi connectivity index (χ1) is 15.2. The van der Waals surface area contributed by atoms with Gasteiger partial charge in [-0.1, -0.05) is 54.1 Å². The van der Waals surface area contributed by atoms with Crippen LogP contribution in [0.2, 0.25) is 5.02 Å². The molecule has 3 nitrogen and oxygen atoms in total. The van der Waals surface area contributed by atoms with Crippen LogP contribution in [0.1, 0.15) is 24.0 Å². The normalized spacial score (nSPS) is 13.6. The Hall–Kier alpha value is -3.30. The first kappa shape index (κ1) is 18.5. The first-order valence-electron chi connectivity index (χ1n) is 10.6. The molecule has 0 fully saturated rings. The average Bonchev–Trinajstić information content (AvgIpc) is 3.18. The van der Waals surface area contributed by atoms with Gasteiger partial charge >= 0.3 is 5.63 Å². The van der Waals surface area contributed by atoms with Gasteiger partial charge in [0, 0.05) is 38.6 Å². The highest BCUT2D eigenvalue weighted by atomic mass is 35.5. The van der Waals surface area contributed by atoms with Crippen molar-refractivity contribution in [3.63, 3.8) is 0 Å². The summed E-state index contributed by atoms with van der Waals surface area (Å²) in [6, 6.07) is 21.9. The molecule has 0 saturated carbocycles. The smallest absolute Gasteiger partial charge is 0.339 e. The third kappa shape index (κ3) is 3.00. The Bertz CT molecular complexity index is 1490. The monoisotopic (exact) mass is 426 g/mol. The van der Waals surface area contributed by atoms with E-state index in [2.05, 4.69) is 6.07 Å². The van der Waals surface area contributed by atoms with Crippen LogP contribution in [0, 0.1) is 0 Å². The van der Waals surface area contributed by atoms with Crippen LogP contribution < -0.4 is 5.63 Å². The maximum Gasteiger partial charge on any atom is 0.339 e. The van der Waals surface area contributed by atoms with Gasteiger partial charge < -0.3 is 8.83 Å². The molecule has 31 heavy (non-hydrogen) atoms. The molecule has 0 unspecified atom stereocenters. The van der Waals surface area contributed by atoms with E-state index < -0.39 is 0 Å². The molecule has 0 N–H and O–H groups in total. The number of rotatable bonds is 2. The van der Waals surface area contributed by atoms with Gasteiger partial charge in [0.05, 0.1) is 0 Å². The highest BCUT2D eigenvalue weighted by Crippen LogP contribution is 2.43. The second-order valence-corrected chi connectivity index (χ2v) is 8.51. The topological polar surface area (TPSA) is 43.4 Å². The fourth-order valence-corrected chi connectivity index (χ4v) is 4.86. The van der Waals surface area contributed by atoms with Crippen LogP contribution in [0.4, 0.5) is 0 Å². The van der Waals surface area contributed by atoms with Gasteiger partial charge in [0.15, 0.2) is 0 Å². The van der Waals surface area contributed by atoms with Crippen molar-refractivity contribution in [2.75, 3.05) is 0 Å². The molecule has 0 aliphatic heterocycles. The minimum atomic E-state index is -0.214. The van der Waals surface area contributed by atoms with Crippen LogP contribution in [0.5, 0.6) is 0 Å². The minimum absolute atomic E-state index is 0.214. The van der Waals surface area contributed by atoms with Crippen molar-refractivity contribution in [2.24, 2.45) is 0 Å². The summed E-state index contributed by atoms with van der Waals surface area (Å²) in [7, 11) is 0. The molecular weight excluding hydrogens is 408 g/mol. The lowest BCUT2D eigenvalue weighted by atomic mass is 9.89. The highest BCUT2D eigenvalue weighted by Gasteiger charge is 2.22. The Kier molecular flexibility index (Phi) is 4.25. The van der Waals surface area contributed by atoms with E-state index in [0.29, 0.717) is 16.2 Å². The van der Waals surface area contributed by atoms with Crippen molar-refractivity contribution >= 4 is 33.5 Å². The lowest BCUT2D eigenvalue weighted by molar-refractivity contribution is 0.533. The Balaban J connectivity index is 1.72. The Morgan fingerprint density at radius 1 is 0.710 bits per heavy atom. The molecule has 0 amide bonds. The molecule has 0 atom stereocenters. The van der Waals surface area contributed by atoms with E-state index in [9.17, 15) is 4.79 Å². The van der Waals surface area contributed by atoms with E-state index in [1.165, 1.54) is 0 Å². The molecule has 2 heterocycles. The van der Waals surface area contributed by atoms with Crippen LogP contribution in [-0.4, -0.2) is 0 Å². The number of fused-ring (bicyclic) bond motifs is 4. The van der Waals surface area contributed by atoms with Crippen LogP contribution >= 0.6 is 11.6 Å². The standard InChI is InChI=1S/C27H19ClO3/c28-18-12-10-16(11-13-18)25-22-14-21-19-8-4-5-9-20(19)27(29)31-23(21)15-24(22)30-26(25)17-6-2-1-3-7-17/h1-3,6-7,10-15H,4-5,8-9H2. The average molecular weight is 427 g/mol. The van der Waals surface area contributed by atoms with Gasteiger partial charge in [-0.05, 0) is 55.0 Å². The summed E-state index contributed by atoms with van der Waals surface area (Å²) < 4.78 is 12.1. The maximum absolute atomic E-state index is 12.6. The van der Waals surface area contributed by atoms with Gasteiger partial charge in [-0.25, -0.2) is 4.79 Å². The number of aryl methyl sites for hydroxylation is 1. The summed E-state index contributed by atoms with van der Waals surface area (Å²) in [5, 5.41) is 2.71. The molecule has 0 radical (unpaired) electrons. The van der Waals surface area contributed by atoms with Gasteiger partial charge in [-0.2, -0.15) is 0 Å².